The van der Waals surface area contributed by atoms with Crippen LogP contribution < -0.4 is 4.74 Å². The quantitative estimate of drug-likeness (QED) is 0.891. The van der Waals surface area contributed by atoms with E-state index in [4.69, 9.17) is 4.74 Å². The zero-order valence-electron chi connectivity index (χ0n) is 9.81. The predicted octanol–water partition coefficient (Wildman–Crippen LogP) is 3.86. The first kappa shape index (κ1) is 11.9. The molecule has 0 heterocycles. The molecule has 2 aromatic rings. The Hall–Kier alpha value is -1.61. The van der Waals surface area contributed by atoms with E-state index in [1.807, 2.05) is 43.3 Å². The molecule has 0 saturated heterocycles. The van der Waals surface area contributed by atoms with Crippen molar-refractivity contribution >= 4 is 11.8 Å². The molecule has 0 aromatic heterocycles. The fourth-order valence-corrected chi connectivity index (χ4v) is 2.48. The maximum absolute atomic E-state index is 9.76. The van der Waals surface area contributed by atoms with Gasteiger partial charge in [-0.05, 0) is 36.8 Å². The van der Waals surface area contributed by atoms with Gasteiger partial charge in [0.2, 0.25) is 0 Å². The first-order chi connectivity index (χ1) is 8.20. The number of phenolic OH excluding ortho intramolecular Hbond substituents is 1. The summed E-state index contributed by atoms with van der Waals surface area (Å²) in [6, 6.07) is 13.7. The molecule has 0 spiro atoms. The number of aryl methyl sites for hydroxylation is 1. The normalized spacial score (nSPS) is 10.2. The average molecular weight is 246 g/mol. The first-order valence-corrected chi connectivity index (χ1v) is 6.13. The Morgan fingerprint density at radius 1 is 1.12 bits per heavy atom. The Kier molecular flexibility index (Phi) is 3.59. The molecule has 0 aliphatic rings. The van der Waals surface area contributed by atoms with Gasteiger partial charge < -0.3 is 9.84 Å². The van der Waals surface area contributed by atoms with Crippen LogP contribution in [0, 0.1) is 6.92 Å². The van der Waals surface area contributed by atoms with Crippen LogP contribution in [0.3, 0.4) is 0 Å². The topological polar surface area (TPSA) is 29.5 Å². The van der Waals surface area contributed by atoms with E-state index in [9.17, 15) is 5.11 Å². The number of aromatic hydroxyl groups is 1. The van der Waals surface area contributed by atoms with E-state index in [-0.39, 0.29) is 5.75 Å². The lowest BCUT2D eigenvalue weighted by Gasteiger charge is -2.09. The smallest absolute Gasteiger partial charge is 0.160 e. The van der Waals surface area contributed by atoms with E-state index < -0.39 is 0 Å². The number of methoxy groups -OCH3 is 1. The molecule has 1 N–H and O–H groups in total. The number of rotatable bonds is 3. The highest BCUT2D eigenvalue weighted by atomic mass is 32.2. The molecule has 2 rings (SSSR count). The summed E-state index contributed by atoms with van der Waals surface area (Å²) in [4.78, 5) is 2.19. The van der Waals surface area contributed by atoms with Crippen molar-refractivity contribution in [1.29, 1.82) is 0 Å². The Morgan fingerprint density at radius 3 is 2.47 bits per heavy atom. The Morgan fingerprint density at radius 2 is 1.82 bits per heavy atom. The van der Waals surface area contributed by atoms with Crippen LogP contribution in [0.2, 0.25) is 0 Å². The van der Waals surface area contributed by atoms with Crippen molar-refractivity contribution in [3.05, 3.63) is 48.0 Å². The van der Waals surface area contributed by atoms with Gasteiger partial charge in [0, 0.05) is 9.79 Å². The highest BCUT2D eigenvalue weighted by molar-refractivity contribution is 7.99. The van der Waals surface area contributed by atoms with E-state index in [1.165, 1.54) is 0 Å². The zero-order chi connectivity index (χ0) is 12.3. The van der Waals surface area contributed by atoms with Gasteiger partial charge in [-0.1, -0.05) is 30.0 Å². The zero-order valence-corrected chi connectivity index (χ0v) is 10.6. The Bertz CT molecular complexity index is 509. The molecule has 0 bridgehead atoms. The molecule has 0 radical (unpaired) electrons. The lowest BCUT2D eigenvalue weighted by atomic mass is 10.2. The lowest BCUT2D eigenvalue weighted by molar-refractivity contribution is 0.372. The molecule has 0 amide bonds. The predicted molar refractivity (Wildman–Crippen MR) is 70.0 cm³/mol. The summed E-state index contributed by atoms with van der Waals surface area (Å²) >= 11 is 1.63. The van der Waals surface area contributed by atoms with E-state index in [2.05, 4.69) is 0 Å². The number of hydrogen-bond donors (Lipinski definition) is 1. The third kappa shape index (κ3) is 2.74. The minimum Gasteiger partial charge on any atom is -0.504 e. The minimum atomic E-state index is 0.177. The van der Waals surface area contributed by atoms with Gasteiger partial charge in [-0.2, -0.15) is 0 Å². The second kappa shape index (κ2) is 5.15. The standard InChI is InChI=1S/C14H14O2S/c1-10-8-13(16-2)12(15)9-14(10)17-11-6-4-3-5-7-11/h3-9,15H,1-2H3. The summed E-state index contributed by atoms with van der Waals surface area (Å²) in [6.45, 7) is 2.01. The van der Waals surface area contributed by atoms with Gasteiger partial charge in [0.05, 0.1) is 7.11 Å². The summed E-state index contributed by atoms with van der Waals surface area (Å²) in [5, 5.41) is 9.76. The molecular formula is C14H14O2S. The van der Waals surface area contributed by atoms with Crippen LogP contribution in [0.5, 0.6) is 11.5 Å². The van der Waals surface area contributed by atoms with Crippen molar-refractivity contribution < 1.29 is 9.84 Å². The van der Waals surface area contributed by atoms with E-state index in [0.29, 0.717) is 5.75 Å². The monoisotopic (exact) mass is 246 g/mol. The van der Waals surface area contributed by atoms with Gasteiger partial charge in [-0.15, -0.1) is 0 Å². The molecule has 17 heavy (non-hydrogen) atoms. The third-order valence-corrected chi connectivity index (χ3v) is 3.62. The number of hydrogen-bond acceptors (Lipinski definition) is 3. The summed E-state index contributed by atoms with van der Waals surface area (Å²) < 4.78 is 5.07. The van der Waals surface area contributed by atoms with Crippen LogP contribution in [0.1, 0.15) is 5.56 Å². The van der Waals surface area contributed by atoms with E-state index >= 15 is 0 Å². The molecule has 0 saturated carbocycles. The summed E-state index contributed by atoms with van der Waals surface area (Å²) in [5.74, 6) is 0.691. The second-order valence-electron chi connectivity index (χ2n) is 3.70. The van der Waals surface area contributed by atoms with Crippen LogP contribution in [-0.2, 0) is 0 Å². The van der Waals surface area contributed by atoms with Crippen LogP contribution in [0.25, 0.3) is 0 Å². The summed E-state index contributed by atoms with van der Waals surface area (Å²) in [6.07, 6.45) is 0. The highest BCUT2D eigenvalue weighted by Crippen LogP contribution is 2.37. The van der Waals surface area contributed by atoms with Crippen molar-refractivity contribution in [3.63, 3.8) is 0 Å². The fraction of sp³-hybridized carbons (Fsp3) is 0.143. The van der Waals surface area contributed by atoms with Gasteiger partial charge in [-0.3, -0.25) is 0 Å². The molecule has 2 nitrogen and oxygen atoms in total. The molecule has 0 unspecified atom stereocenters. The summed E-state index contributed by atoms with van der Waals surface area (Å²) in [5.41, 5.74) is 1.09. The maximum atomic E-state index is 9.76. The first-order valence-electron chi connectivity index (χ1n) is 5.31. The number of ether oxygens (including phenoxy) is 1. The van der Waals surface area contributed by atoms with Crippen molar-refractivity contribution in [3.8, 4) is 11.5 Å². The van der Waals surface area contributed by atoms with Gasteiger partial charge in [0.25, 0.3) is 0 Å². The Labute approximate surface area is 105 Å². The van der Waals surface area contributed by atoms with Gasteiger partial charge in [0.15, 0.2) is 11.5 Å². The van der Waals surface area contributed by atoms with Crippen molar-refractivity contribution in [2.45, 2.75) is 16.7 Å². The second-order valence-corrected chi connectivity index (χ2v) is 4.82. The van der Waals surface area contributed by atoms with Crippen molar-refractivity contribution in [2.24, 2.45) is 0 Å². The lowest BCUT2D eigenvalue weighted by Crippen LogP contribution is -1.87. The fourth-order valence-electron chi connectivity index (χ4n) is 1.54. The molecule has 3 heteroatoms. The highest BCUT2D eigenvalue weighted by Gasteiger charge is 2.07. The van der Waals surface area contributed by atoms with E-state index in [1.54, 1.807) is 24.9 Å². The number of benzene rings is 2. The van der Waals surface area contributed by atoms with E-state index in [0.717, 1.165) is 15.4 Å². The largest absolute Gasteiger partial charge is 0.504 e. The van der Waals surface area contributed by atoms with Crippen LogP contribution >= 0.6 is 11.8 Å². The SMILES string of the molecule is COc1cc(C)c(Sc2ccccc2)cc1O. The molecule has 2 aromatic carbocycles. The minimum absolute atomic E-state index is 0.177. The molecule has 0 aliphatic heterocycles. The summed E-state index contributed by atoms with van der Waals surface area (Å²) in [7, 11) is 1.55. The van der Waals surface area contributed by atoms with Gasteiger partial charge >= 0.3 is 0 Å². The van der Waals surface area contributed by atoms with Gasteiger partial charge in [0.1, 0.15) is 0 Å². The number of phenols is 1. The average Bonchev–Trinajstić information content (AvgIpc) is 2.34. The van der Waals surface area contributed by atoms with Crippen molar-refractivity contribution in [1.82, 2.24) is 0 Å². The molecule has 0 aliphatic carbocycles. The van der Waals surface area contributed by atoms with Crippen LogP contribution in [0.15, 0.2) is 52.3 Å². The molecule has 0 atom stereocenters. The van der Waals surface area contributed by atoms with Crippen LogP contribution in [-0.4, -0.2) is 12.2 Å². The Balaban J connectivity index is 2.31. The van der Waals surface area contributed by atoms with Crippen molar-refractivity contribution in [2.75, 3.05) is 7.11 Å². The molecule has 0 fully saturated rings. The maximum Gasteiger partial charge on any atom is 0.160 e. The van der Waals surface area contributed by atoms with Gasteiger partial charge in [-0.25, -0.2) is 0 Å². The third-order valence-electron chi connectivity index (χ3n) is 2.45. The van der Waals surface area contributed by atoms with Crippen LogP contribution in [0.4, 0.5) is 0 Å². The molecule has 88 valence electrons. The molecular weight excluding hydrogens is 232 g/mol.